The van der Waals surface area contributed by atoms with E-state index >= 15 is 0 Å². The lowest BCUT2D eigenvalue weighted by molar-refractivity contribution is -0.0479. The number of likely N-dealkylation sites (N-methyl/N-ethyl adjacent to an activating group) is 1. The van der Waals surface area contributed by atoms with Gasteiger partial charge in [-0.3, -0.25) is 4.90 Å². The van der Waals surface area contributed by atoms with Crippen molar-refractivity contribution in [2.24, 2.45) is 5.73 Å². The molecule has 1 saturated heterocycles. The van der Waals surface area contributed by atoms with Gasteiger partial charge >= 0.3 is 0 Å². The number of aliphatic hydroxyl groups is 1. The first-order valence-corrected chi connectivity index (χ1v) is 7.88. The molecule has 0 saturated carbocycles. The number of benzene rings is 1. The molecule has 0 unspecified atom stereocenters. The van der Waals surface area contributed by atoms with Gasteiger partial charge in [0, 0.05) is 19.6 Å². The normalized spacial score (nSPS) is 23.7. The summed E-state index contributed by atoms with van der Waals surface area (Å²) in [5.74, 6) is 0. The first-order valence-electron chi connectivity index (χ1n) is 7.88. The summed E-state index contributed by atoms with van der Waals surface area (Å²) in [7, 11) is 4.04. The lowest BCUT2D eigenvalue weighted by Crippen LogP contribution is -2.52. The highest BCUT2D eigenvalue weighted by Gasteiger charge is 2.33. The number of piperidine rings is 1. The van der Waals surface area contributed by atoms with Crippen LogP contribution in [-0.2, 0) is 13.0 Å². The standard InChI is InChI=1S/C17H29N3O/c1-19(2)13-17(21)9-3-11-20(14-17)12-16-6-4-15(5-7-16)8-10-18/h4-7,21H,3,8-14,18H2,1-2H3/t17-/m0/s1. The molecule has 1 aromatic rings. The van der Waals surface area contributed by atoms with E-state index in [1.54, 1.807) is 0 Å². The summed E-state index contributed by atoms with van der Waals surface area (Å²) in [6.45, 7) is 4.18. The van der Waals surface area contributed by atoms with Gasteiger partial charge in [0.2, 0.25) is 0 Å². The Morgan fingerprint density at radius 3 is 2.52 bits per heavy atom. The molecule has 0 bridgehead atoms. The third-order valence-electron chi connectivity index (χ3n) is 4.11. The van der Waals surface area contributed by atoms with Gasteiger partial charge < -0.3 is 15.7 Å². The molecule has 1 heterocycles. The number of likely N-dealkylation sites (tertiary alicyclic amines) is 1. The molecule has 1 aliphatic heterocycles. The van der Waals surface area contributed by atoms with E-state index < -0.39 is 5.60 Å². The Kier molecular flexibility index (Phi) is 5.76. The van der Waals surface area contributed by atoms with Gasteiger partial charge in [-0.05, 0) is 57.6 Å². The van der Waals surface area contributed by atoms with E-state index in [1.807, 2.05) is 14.1 Å². The fourth-order valence-corrected chi connectivity index (χ4v) is 3.29. The molecule has 3 N–H and O–H groups in total. The van der Waals surface area contributed by atoms with Crippen molar-refractivity contribution in [2.75, 3.05) is 40.3 Å². The predicted octanol–water partition coefficient (Wildman–Crippen LogP) is 1.08. The van der Waals surface area contributed by atoms with Gasteiger partial charge in [0.05, 0.1) is 5.60 Å². The van der Waals surface area contributed by atoms with E-state index in [0.29, 0.717) is 6.54 Å². The molecule has 4 heteroatoms. The van der Waals surface area contributed by atoms with Crippen molar-refractivity contribution >= 4 is 0 Å². The lowest BCUT2D eigenvalue weighted by atomic mass is 9.92. The molecule has 1 aromatic carbocycles. The van der Waals surface area contributed by atoms with Crippen molar-refractivity contribution in [1.82, 2.24) is 9.80 Å². The van der Waals surface area contributed by atoms with Crippen LogP contribution in [0.2, 0.25) is 0 Å². The highest BCUT2D eigenvalue weighted by atomic mass is 16.3. The van der Waals surface area contributed by atoms with Crippen LogP contribution in [0.15, 0.2) is 24.3 Å². The predicted molar refractivity (Wildman–Crippen MR) is 87.2 cm³/mol. The van der Waals surface area contributed by atoms with Gasteiger partial charge in [0.1, 0.15) is 0 Å². The summed E-state index contributed by atoms with van der Waals surface area (Å²) in [6.07, 6.45) is 2.90. The zero-order valence-electron chi connectivity index (χ0n) is 13.4. The molecule has 0 amide bonds. The zero-order chi connectivity index (χ0) is 15.3. The lowest BCUT2D eigenvalue weighted by Gasteiger charge is -2.40. The minimum absolute atomic E-state index is 0.568. The molecule has 1 aliphatic rings. The van der Waals surface area contributed by atoms with E-state index in [0.717, 1.165) is 45.4 Å². The van der Waals surface area contributed by atoms with Gasteiger partial charge in [-0.25, -0.2) is 0 Å². The molecule has 0 aliphatic carbocycles. The van der Waals surface area contributed by atoms with Gasteiger partial charge in [-0.1, -0.05) is 24.3 Å². The van der Waals surface area contributed by atoms with Crippen molar-refractivity contribution in [3.63, 3.8) is 0 Å². The Morgan fingerprint density at radius 2 is 1.90 bits per heavy atom. The topological polar surface area (TPSA) is 52.7 Å². The first kappa shape index (κ1) is 16.4. The molecular formula is C17H29N3O. The van der Waals surface area contributed by atoms with Gasteiger partial charge in [0.25, 0.3) is 0 Å². The van der Waals surface area contributed by atoms with Gasteiger partial charge in [-0.15, -0.1) is 0 Å². The van der Waals surface area contributed by atoms with Gasteiger partial charge in [0.15, 0.2) is 0 Å². The first-order chi connectivity index (χ1) is 10.0. The Balaban J connectivity index is 1.92. The summed E-state index contributed by atoms with van der Waals surface area (Å²) < 4.78 is 0. The third-order valence-corrected chi connectivity index (χ3v) is 4.11. The summed E-state index contributed by atoms with van der Waals surface area (Å²) in [6, 6.07) is 8.70. The van der Waals surface area contributed by atoms with Crippen LogP contribution < -0.4 is 5.73 Å². The molecular weight excluding hydrogens is 262 g/mol. The van der Waals surface area contributed by atoms with Crippen LogP contribution in [-0.4, -0.2) is 60.8 Å². The average Bonchev–Trinajstić information content (AvgIpc) is 2.40. The second-order valence-corrected chi connectivity index (χ2v) is 6.63. The number of nitrogens with two attached hydrogens (primary N) is 1. The molecule has 0 aromatic heterocycles. The maximum atomic E-state index is 10.7. The average molecular weight is 291 g/mol. The number of hydrogen-bond donors (Lipinski definition) is 2. The van der Waals surface area contributed by atoms with E-state index in [-0.39, 0.29) is 0 Å². The molecule has 1 atom stereocenters. The van der Waals surface area contributed by atoms with Crippen molar-refractivity contribution in [3.05, 3.63) is 35.4 Å². The molecule has 21 heavy (non-hydrogen) atoms. The fourth-order valence-electron chi connectivity index (χ4n) is 3.29. The molecule has 1 fully saturated rings. The molecule has 4 nitrogen and oxygen atoms in total. The quantitative estimate of drug-likeness (QED) is 0.823. The summed E-state index contributed by atoms with van der Waals surface area (Å²) in [5.41, 5.74) is 7.61. The van der Waals surface area contributed by atoms with E-state index in [9.17, 15) is 5.11 Å². The second-order valence-electron chi connectivity index (χ2n) is 6.63. The SMILES string of the molecule is CN(C)C[C@@]1(O)CCCN(Cc2ccc(CCN)cc2)C1. The molecule has 0 radical (unpaired) electrons. The van der Waals surface area contributed by atoms with E-state index in [1.165, 1.54) is 11.1 Å². The van der Waals surface area contributed by atoms with Crippen molar-refractivity contribution in [3.8, 4) is 0 Å². The number of hydrogen-bond acceptors (Lipinski definition) is 4. The number of β-amino-alcohol motifs (C(OH)–C–C–N with tert-alkyl or cyclic N) is 1. The van der Waals surface area contributed by atoms with Crippen LogP contribution in [0.3, 0.4) is 0 Å². The summed E-state index contributed by atoms with van der Waals surface area (Å²) >= 11 is 0. The smallest absolute Gasteiger partial charge is 0.0900 e. The van der Waals surface area contributed by atoms with Crippen LogP contribution in [0, 0.1) is 0 Å². The number of rotatable bonds is 6. The zero-order valence-corrected chi connectivity index (χ0v) is 13.4. The molecule has 118 valence electrons. The molecule has 2 rings (SSSR count). The van der Waals surface area contributed by atoms with E-state index in [4.69, 9.17) is 5.73 Å². The molecule has 0 spiro atoms. The van der Waals surface area contributed by atoms with Crippen LogP contribution in [0.5, 0.6) is 0 Å². The summed E-state index contributed by atoms with van der Waals surface area (Å²) in [4.78, 5) is 4.44. The Morgan fingerprint density at radius 1 is 1.24 bits per heavy atom. The van der Waals surface area contributed by atoms with Gasteiger partial charge in [-0.2, -0.15) is 0 Å². The third kappa shape index (κ3) is 5.08. The fraction of sp³-hybridized carbons (Fsp3) is 0.647. The monoisotopic (exact) mass is 291 g/mol. The minimum atomic E-state index is -0.568. The van der Waals surface area contributed by atoms with Crippen LogP contribution in [0.25, 0.3) is 0 Å². The van der Waals surface area contributed by atoms with E-state index in [2.05, 4.69) is 34.1 Å². The van der Waals surface area contributed by atoms with Crippen LogP contribution in [0.1, 0.15) is 24.0 Å². The highest BCUT2D eigenvalue weighted by Crippen LogP contribution is 2.23. The Labute approximate surface area is 128 Å². The van der Waals surface area contributed by atoms with Crippen molar-refractivity contribution in [2.45, 2.75) is 31.4 Å². The second kappa shape index (κ2) is 7.36. The largest absolute Gasteiger partial charge is 0.387 e. The van der Waals surface area contributed by atoms with Crippen molar-refractivity contribution < 1.29 is 5.11 Å². The van der Waals surface area contributed by atoms with Crippen LogP contribution in [0.4, 0.5) is 0 Å². The maximum Gasteiger partial charge on any atom is 0.0900 e. The number of nitrogens with zero attached hydrogens (tertiary/aromatic N) is 2. The minimum Gasteiger partial charge on any atom is -0.387 e. The maximum absolute atomic E-state index is 10.7. The Hall–Kier alpha value is -0.940. The highest BCUT2D eigenvalue weighted by molar-refractivity contribution is 5.22. The van der Waals surface area contributed by atoms with Crippen molar-refractivity contribution in [1.29, 1.82) is 0 Å². The Bertz CT molecular complexity index is 432. The summed E-state index contributed by atoms with van der Waals surface area (Å²) in [5, 5.41) is 10.7. The van der Waals surface area contributed by atoms with Crippen LogP contribution >= 0.6 is 0 Å².